The summed E-state index contributed by atoms with van der Waals surface area (Å²) in [5, 5.41) is 8.69. The van der Waals surface area contributed by atoms with Gasteiger partial charge in [0.15, 0.2) is 5.78 Å². The van der Waals surface area contributed by atoms with Crippen molar-refractivity contribution in [2.24, 2.45) is 5.92 Å². The standard InChI is InChI=1S/C14H11FO4S/c15-10-3-1-8(2-4-10)5-9-6-20-7-11(12(9)16)13(17)14(18)19/h1-5,11H,6-7H2,(H,18,19). The van der Waals surface area contributed by atoms with Gasteiger partial charge in [0.1, 0.15) is 11.7 Å². The Morgan fingerprint density at radius 1 is 1.30 bits per heavy atom. The van der Waals surface area contributed by atoms with Crippen LogP contribution in [0.5, 0.6) is 0 Å². The molecular formula is C14H11FO4S. The van der Waals surface area contributed by atoms with Crippen molar-refractivity contribution in [3.8, 4) is 0 Å². The molecule has 0 aromatic heterocycles. The molecule has 0 radical (unpaired) electrons. The molecule has 0 aliphatic carbocycles. The molecule has 1 saturated heterocycles. The zero-order valence-corrected chi connectivity index (χ0v) is 11.2. The van der Waals surface area contributed by atoms with Gasteiger partial charge in [0.25, 0.3) is 5.78 Å². The Labute approximate surface area is 118 Å². The smallest absolute Gasteiger partial charge is 0.372 e. The predicted molar refractivity (Wildman–Crippen MR) is 72.8 cm³/mol. The second kappa shape index (κ2) is 6.00. The highest BCUT2D eigenvalue weighted by Gasteiger charge is 2.35. The maximum absolute atomic E-state index is 12.8. The van der Waals surface area contributed by atoms with Crippen molar-refractivity contribution in [1.82, 2.24) is 0 Å². The molecule has 1 heterocycles. The highest BCUT2D eigenvalue weighted by atomic mass is 32.2. The molecule has 0 amide bonds. The molecule has 104 valence electrons. The van der Waals surface area contributed by atoms with E-state index in [1.54, 1.807) is 6.08 Å². The number of carbonyl (C=O) groups excluding carboxylic acids is 2. The summed E-state index contributed by atoms with van der Waals surface area (Å²) in [5.74, 6) is -4.03. The van der Waals surface area contributed by atoms with E-state index in [1.165, 1.54) is 36.0 Å². The zero-order chi connectivity index (χ0) is 14.7. The Bertz CT molecular complexity index is 592. The number of benzene rings is 1. The molecule has 1 atom stereocenters. The molecule has 6 heteroatoms. The Balaban J connectivity index is 2.24. The summed E-state index contributed by atoms with van der Waals surface area (Å²) in [5.41, 5.74) is 1.02. The van der Waals surface area contributed by atoms with Crippen LogP contribution in [0.15, 0.2) is 29.8 Å². The Kier molecular flexibility index (Phi) is 4.34. The molecule has 20 heavy (non-hydrogen) atoms. The predicted octanol–water partition coefficient (Wildman–Crippen LogP) is 1.79. The lowest BCUT2D eigenvalue weighted by atomic mass is 9.94. The average molecular weight is 294 g/mol. The Morgan fingerprint density at radius 3 is 2.55 bits per heavy atom. The molecule has 1 unspecified atom stereocenters. The molecule has 0 spiro atoms. The Hall–Kier alpha value is -1.95. The van der Waals surface area contributed by atoms with Crippen LogP contribution in [0, 0.1) is 11.7 Å². The molecule has 1 aromatic carbocycles. The van der Waals surface area contributed by atoms with E-state index in [4.69, 9.17) is 5.11 Å². The van der Waals surface area contributed by atoms with Crippen molar-refractivity contribution in [2.45, 2.75) is 0 Å². The van der Waals surface area contributed by atoms with Gasteiger partial charge < -0.3 is 5.11 Å². The number of carbonyl (C=O) groups is 3. The Morgan fingerprint density at radius 2 is 1.95 bits per heavy atom. The van der Waals surface area contributed by atoms with E-state index in [0.29, 0.717) is 16.9 Å². The third-order valence-electron chi connectivity index (χ3n) is 2.91. The lowest BCUT2D eigenvalue weighted by molar-refractivity contribution is -0.152. The number of rotatable bonds is 3. The maximum atomic E-state index is 12.8. The molecule has 2 rings (SSSR count). The van der Waals surface area contributed by atoms with E-state index in [1.807, 2.05) is 0 Å². The van der Waals surface area contributed by atoms with Crippen molar-refractivity contribution in [1.29, 1.82) is 0 Å². The van der Waals surface area contributed by atoms with E-state index < -0.39 is 23.5 Å². The van der Waals surface area contributed by atoms with E-state index in [9.17, 15) is 18.8 Å². The highest BCUT2D eigenvalue weighted by molar-refractivity contribution is 7.99. The third-order valence-corrected chi connectivity index (χ3v) is 4.00. The fraction of sp³-hybridized carbons (Fsp3) is 0.214. The summed E-state index contributed by atoms with van der Waals surface area (Å²) >= 11 is 1.34. The van der Waals surface area contributed by atoms with Crippen LogP contribution in [0.25, 0.3) is 6.08 Å². The number of aliphatic carboxylic acids is 1. The summed E-state index contributed by atoms with van der Waals surface area (Å²) in [4.78, 5) is 34.2. The minimum Gasteiger partial charge on any atom is -0.475 e. The van der Waals surface area contributed by atoms with E-state index in [0.717, 1.165) is 0 Å². The maximum Gasteiger partial charge on any atom is 0.372 e. The van der Waals surface area contributed by atoms with Crippen molar-refractivity contribution < 1.29 is 23.9 Å². The fourth-order valence-corrected chi connectivity index (χ4v) is 2.98. The average Bonchev–Trinajstić information content (AvgIpc) is 2.42. The van der Waals surface area contributed by atoms with Crippen LogP contribution in [0.2, 0.25) is 0 Å². The molecule has 0 saturated carbocycles. The summed E-state index contributed by atoms with van der Waals surface area (Å²) in [6, 6.07) is 5.57. The van der Waals surface area contributed by atoms with Crippen LogP contribution < -0.4 is 0 Å². The van der Waals surface area contributed by atoms with E-state index in [-0.39, 0.29) is 11.6 Å². The van der Waals surface area contributed by atoms with Gasteiger partial charge in [0.05, 0.1) is 0 Å². The largest absolute Gasteiger partial charge is 0.475 e. The lowest BCUT2D eigenvalue weighted by Gasteiger charge is -2.20. The van der Waals surface area contributed by atoms with Crippen molar-refractivity contribution in [3.63, 3.8) is 0 Å². The first-order chi connectivity index (χ1) is 9.49. The summed E-state index contributed by atoms with van der Waals surface area (Å²) in [7, 11) is 0. The first-order valence-electron chi connectivity index (χ1n) is 5.84. The van der Waals surface area contributed by atoms with Crippen molar-refractivity contribution in [2.75, 3.05) is 11.5 Å². The SMILES string of the molecule is O=C(O)C(=O)C1CSCC(=Cc2ccc(F)cc2)C1=O. The molecule has 4 nitrogen and oxygen atoms in total. The monoisotopic (exact) mass is 294 g/mol. The van der Waals surface area contributed by atoms with Gasteiger partial charge in [-0.05, 0) is 23.8 Å². The molecular weight excluding hydrogens is 283 g/mol. The van der Waals surface area contributed by atoms with E-state index in [2.05, 4.69) is 0 Å². The first kappa shape index (κ1) is 14.5. The highest BCUT2D eigenvalue weighted by Crippen LogP contribution is 2.26. The molecule has 1 aromatic rings. The number of hydrogen-bond acceptors (Lipinski definition) is 4. The second-order valence-electron chi connectivity index (χ2n) is 4.32. The number of ketones is 2. The molecule has 0 bridgehead atoms. The molecule has 1 fully saturated rings. The van der Waals surface area contributed by atoms with Crippen LogP contribution in [0.4, 0.5) is 4.39 Å². The van der Waals surface area contributed by atoms with Gasteiger partial charge in [0.2, 0.25) is 0 Å². The number of Topliss-reactive ketones (excluding diaryl/α,β-unsaturated/α-hetero) is 2. The quantitative estimate of drug-likeness (QED) is 0.523. The lowest BCUT2D eigenvalue weighted by Crippen LogP contribution is -2.36. The van der Waals surface area contributed by atoms with Crippen molar-refractivity contribution >= 4 is 35.4 Å². The third kappa shape index (κ3) is 3.14. The number of hydrogen-bond donors (Lipinski definition) is 1. The number of carboxylic acid groups (broad SMARTS) is 1. The summed E-state index contributed by atoms with van der Waals surface area (Å²) in [6.45, 7) is 0. The van der Waals surface area contributed by atoms with Gasteiger partial charge in [-0.15, -0.1) is 0 Å². The van der Waals surface area contributed by atoms with Crippen LogP contribution in [0.3, 0.4) is 0 Å². The zero-order valence-electron chi connectivity index (χ0n) is 10.3. The number of carboxylic acids is 1. The molecule has 1 aliphatic rings. The number of halogens is 1. The summed E-state index contributed by atoms with van der Waals surface area (Å²) < 4.78 is 12.8. The van der Waals surface area contributed by atoms with Gasteiger partial charge in [-0.2, -0.15) is 11.8 Å². The molecule has 1 N–H and O–H groups in total. The van der Waals surface area contributed by atoms with Crippen LogP contribution in [-0.2, 0) is 14.4 Å². The second-order valence-corrected chi connectivity index (χ2v) is 5.35. The number of thioether (sulfide) groups is 1. The van der Waals surface area contributed by atoms with E-state index >= 15 is 0 Å². The first-order valence-corrected chi connectivity index (χ1v) is 6.99. The molecule has 1 aliphatic heterocycles. The normalized spacial score (nSPS) is 20.9. The minimum absolute atomic E-state index is 0.185. The van der Waals surface area contributed by atoms with Gasteiger partial charge in [-0.25, -0.2) is 9.18 Å². The fourth-order valence-electron chi connectivity index (χ4n) is 1.87. The van der Waals surface area contributed by atoms with Crippen molar-refractivity contribution in [3.05, 3.63) is 41.2 Å². The van der Waals surface area contributed by atoms with Gasteiger partial charge in [-0.3, -0.25) is 9.59 Å². The topological polar surface area (TPSA) is 71.4 Å². The van der Waals surface area contributed by atoms with Crippen LogP contribution in [-0.4, -0.2) is 34.1 Å². The van der Waals surface area contributed by atoms with Crippen LogP contribution >= 0.6 is 11.8 Å². The van der Waals surface area contributed by atoms with Gasteiger partial charge in [-0.1, -0.05) is 12.1 Å². The minimum atomic E-state index is -1.59. The summed E-state index contributed by atoms with van der Waals surface area (Å²) in [6.07, 6.45) is 1.57. The van der Waals surface area contributed by atoms with Gasteiger partial charge in [0, 0.05) is 17.1 Å². The van der Waals surface area contributed by atoms with Gasteiger partial charge >= 0.3 is 5.97 Å². The van der Waals surface area contributed by atoms with Crippen LogP contribution in [0.1, 0.15) is 5.56 Å².